The van der Waals surface area contributed by atoms with E-state index < -0.39 is 0 Å². The lowest BCUT2D eigenvalue weighted by Crippen LogP contribution is -2.00. The molecule has 0 spiro atoms. The Hall–Kier alpha value is -1.86. The third kappa shape index (κ3) is 2.63. The van der Waals surface area contributed by atoms with Gasteiger partial charge in [-0.1, -0.05) is 0 Å². The van der Waals surface area contributed by atoms with Gasteiger partial charge in [0, 0.05) is 22.5 Å². The van der Waals surface area contributed by atoms with Crippen LogP contribution in [0.5, 0.6) is 0 Å². The molecule has 0 unspecified atom stereocenters. The predicted molar refractivity (Wildman–Crippen MR) is 70.1 cm³/mol. The van der Waals surface area contributed by atoms with Crippen molar-refractivity contribution in [1.29, 1.82) is 5.26 Å². The van der Waals surface area contributed by atoms with Crippen molar-refractivity contribution in [2.24, 2.45) is 0 Å². The molecule has 0 amide bonds. The Morgan fingerprint density at radius 3 is 2.94 bits per heavy atom. The Labute approximate surface area is 105 Å². The third-order valence-electron chi connectivity index (χ3n) is 2.58. The molecule has 0 radical (unpaired) electrons. The monoisotopic (exact) mass is 243 g/mol. The van der Waals surface area contributed by atoms with Crippen molar-refractivity contribution in [2.75, 3.05) is 5.32 Å². The molecule has 4 heteroatoms. The summed E-state index contributed by atoms with van der Waals surface area (Å²) in [5.41, 5.74) is 2.55. The van der Waals surface area contributed by atoms with Crippen molar-refractivity contribution < 1.29 is 0 Å². The van der Waals surface area contributed by atoms with Gasteiger partial charge < -0.3 is 5.32 Å². The number of rotatable bonds is 3. The molecular weight excluding hydrogens is 230 g/mol. The first-order valence-corrected chi connectivity index (χ1v) is 6.17. The Morgan fingerprint density at radius 1 is 1.47 bits per heavy atom. The smallest absolute Gasteiger partial charge is 0.163 e. The molecule has 0 saturated heterocycles. The number of nitrogens with one attached hydrogen (secondary N) is 1. The van der Waals surface area contributed by atoms with Crippen LogP contribution in [-0.2, 0) is 6.54 Å². The molecular formula is C13H13N3S. The largest absolute Gasteiger partial charge is 0.378 e. The highest BCUT2D eigenvalue weighted by atomic mass is 32.1. The topological polar surface area (TPSA) is 48.7 Å². The van der Waals surface area contributed by atoms with Crippen LogP contribution in [0.15, 0.2) is 24.4 Å². The van der Waals surface area contributed by atoms with Crippen molar-refractivity contribution in [2.45, 2.75) is 20.4 Å². The first kappa shape index (κ1) is 11.6. The van der Waals surface area contributed by atoms with Gasteiger partial charge in [0.05, 0.1) is 5.69 Å². The van der Waals surface area contributed by atoms with Gasteiger partial charge in [0.2, 0.25) is 0 Å². The quantitative estimate of drug-likeness (QED) is 0.900. The van der Waals surface area contributed by atoms with Gasteiger partial charge in [-0.2, -0.15) is 5.26 Å². The maximum absolute atomic E-state index is 8.91. The zero-order valence-corrected chi connectivity index (χ0v) is 10.6. The summed E-state index contributed by atoms with van der Waals surface area (Å²) in [4.78, 5) is 6.62. The van der Waals surface area contributed by atoms with E-state index in [2.05, 4.69) is 36.3 Å². The van der Waals surface area contributed by atoms with Crippen LogP contribution in [0.2, 0.25) is 0 Å². The first-order chi connectivity index (χ1) is 8.20. The van der Waals surface area contributed by atoms with E-state index in [1.54, 1.807) is 17.5 Å². The number of nitriles is 1. The molecule has 1 N–H and O–H groups in total. The zero-order chi connectivity index (χ0) is 12.3. The first-order valence-electron chi connectivity index (χ1n) is 5.35. The number of aryl methyl sites for hydroxylation is 2. The summed E-state index contributed by atoms with van der Waals surface area (Å²) in [6, 6.07) is 7.96. The summed E-state index contributed by atoms with van der Waals surface area (Å²) >= 11 is 1.78. The standard InChI is InChI=1S/C13H13N3S/c1-9-6-11(17-10(9)2)8-16-12-4-3-5-15-13(12)7-14/h3-6,16H,8H2,1-2H3. The predicted octanol–water partition coefficient (Wildman–Crippen LogP) is 3.24. The third-order valence-corrected chi connectivity index (χ3v) is 3.74. The van der Waals surface area contributed by atoms with Gasteiger partial charge in [0.15, 0.2) is 5.69 Å². The molecule has 0 bridgehead atoms. The van der Waals surface area contributed by atoms with Crippen LogP contribution >= 0.6 is 11.3 Å². The van der Waals surface area contributed by atoms with Gasteiger partial charge >= 0.3 is 0 Å². The second-order valence-corrected chi connectivity index (χ2v) is 5.16. The molecule has 2 heterocycles. The van der Waals surface area contributed by atoms with Gasteiger partial charge in [0.1, 0.15) is 6.07 Å². The molecule has 0 aliphatic heterocycles. The number of hydrogen-bond acceptors (Lipinski definition) is 4. The summed E-state index contributed by atoms with van der Waals surface area (Å²) < 4.78 is 0. The van der Waals surface area contributed by atoms with Gasteiger partial charge in [-0.3, -0.25) is 0 Å². The van der Waals surface area contributed by atoms with E-state index in [0.29, 0.717) is 5.69 Å². The number of thiophene rings is 1. The van der Waals surface area contributed by atoms with Crippen LogP contribution < -0.4 is 5.32 Å². The van der Waals surface area contributed by atoms with E-state index in [-0.39, 0.29) is 0 Å². The van der Waals surface area contributed by atoms with Crippen molar-refractivity contribution in [3.05, 3.63) is 45.4 Å². The van der Waals surface area contributed by atoms with Crippen molar-refractivity contribution >= 4 is 17.0 Å². The van der Waals surface area contributed by atoms with E-state index in [0.717, 1.165) is 12.2 Å². The second kappa shape index (κ2) is 4.98. The highest BCUT2D eigenvalue weighted by Crippen LogP contribution is 2.22. The molecule has 0 saturated carbocycles. The van der Waals surface area contributed by atoms with E-state index >= 15 is 0 Å². The number of nitrogens with zero attached hydrogens (tertiary/aromatic N) is 2. The zero-order valence-electron chi connectivity index (χ0n) is 9.82. The lowest BCUT2D eigenvalue weighted by molar-refractivity contribution is 1.15. The molecule has 2 aromatic rings. The fraction of sp³-hybridized carbons (Fsp3) is 0.231. The minimum atomic E-state index is 0.442. The average Bonchev–Trinajstić information content (AvgIpc) is 2.66. The van der Waals surface area contributed by atoms with Crippen LogP contribution in [0.25, 0.3) is 0 Å². The minimum Gasteiger partial charge on any atom is -0.378 e. The molecule has 0 fully saturated rings. The Kier molecular flexibility index (Phi) is 3.40. The summed E-state index contributed by atoms with van der Waals surface area (Å²) in [5.74, 6) is 0. The molecule has 0 aromatic carbocycles. The normalized spacial score (nSPS) is 9.94. The molecule has 0 atom stereocenters. The van der Waals surface area contributed by atoms with E-state index in [1.807, 2.05) is 12.1 Å². The fourth-order valence-electron chi connectivity index (χ4n) is 1.56. The lowest BCUT2D eigenvalue weighted by atomic mass is 10.2. The van der Waals surface area contributed by atoms with Crippen LogP contribution in [-0.4, -0.2) is 4.98 Å². The van der Waals surface area contributed by atoms with E-state index in [1.165, 1.54) is 15.3 Å². The van der Waals surface area contributed by atoms with Crippen LogP contribution in [0.3, 0.4) is 0 Å². The molecule has 86 valence electrons. The molecule has 0 aliphatic rings. The minimum absolute atomic E-state index is 0.442. The van der Waals surface area contributed by atoms with Gasteiger partial charge in [0.25, 0.3) is 0 Å². The van der Waals surface area contributed by atoms with Crippen LogP contribution in [0.4, 0.5) is 5.69 Å². The van der Waals surface area contributed by atoms with E-state index in [4.69, 9.17) is 5.26 Å². The summed E-state index contributed by atoms with van der Waals surface area (Å²) in [6.07, 6.45) is 1.63. The van der Waals surface area contributed by atoms with Crippen LogP contribution in [0, 0.1) is 25.2 Å². The molecule has 2 aromatic heterocycles. The Morgan fingerprint density at radius 2 is 2.29 bits per heavy atom. The van der Waals surface area contributed by atoms with Crippen molar-refractivity contribution in [1.82, 2.24) is 4.98 Å². The SMILES string of the molecule is Cc1cc(CNc2cccnc2C#N)sc1C. The highest BCUT2D eigenvalue weighted by molar-refractivity contribution is 7.12. The number of hydrogen-bond donors (Lipinski definition) is 1. The number of pyridine rings is 1. The van der Waals surface area contributed by atoms with Gasteiger partial charge in [-0.15, -0.1) is 11.3 Å². The van der Waals surface area contributed by atoms with Crippen molar-refractivity contribution in [3.63, 3.8) is 0 Å². The molecule has 3 nitrogen and oxygen atoms in total. The summed E-state index contributed by atoms with van der Waals surface area (Å²) in [6.45, 7) is 4.97. The number of anilines is 1. The molecule has 2 rings (SSSR count). The average molecular weight is 243 g/mol. The number of aromatic nitrogens is 1. The van der Waals surface area contributed by atoms with E-state index in [9.17, 15) is 0 Å². The Balaban J connectivity index is 2.10. The molecule has 0 aliphatic carbocycles. The van der Waals surface area contributed by atoms with Crippen LogP contribution in [0.1, 0.15) is 21.0 Å². The lowest BCUT2D eigenvalue weighted by Gasteiger charge is -2.05. The molecule has 17 heavy (non-hydrogen) atoms. The fourth-order valence-corrected chi connectivity index (χ4v) is 2.55. The van der Waals surface area contributed by atoms with Crippen molar-refractivity contribution in [3.8, 4) is 6.07 Å². The maximum Gasteiger partial charge on any atom is 0.163 e. The highest BCUT2D eigenvalue weighted by Gasteiger charge is 2.04. The Bertz CT molecular complexity index is 547. The van der Waals surface area contributed by atoms with Gasteiger partial charge in [-0.25, -0.2) is 4.98 Å². The summed E-state index contributed by atoms with van der Waals surface area (Å²) in [7, 11) is 0. The summed E-state index contributed by atoms with van der Waals surface area (Å²) in [5, 5.41) is 12.2. The maximum atomic E-state index is 8.91. The van der Waals surface area contributed by atoms with Gasteiger partial charge in [-0.05, 0) is 37.6 Å². The second-order valence-electron chi connectivity index (χ2n) is 3.82.